The van der Waals surface area contributed by atoms with E-state index in [1.807, 2.05) is 18.2 Å². The molecule has 1 saturated heterocycles. The molecule has 25 heavy (non-hydrogen) atoms. The summed E-state index contributed by atoms with van der Waals surface area (Å²) in [7, 11) is 0. The average Bonchev–Trinajstić information content (AvgIpc) is 3.25. The molecule has 3 aromatic rings. The fraction of sp³-hybridized carbons (Fsp3) is 0.300. The Labute approximate surface area is 150 Å². The van der Waals surface area contributed by atoms with Gasteiger partial charge in [-0.2, -0.15) is 0 Å². The molecule has 2 atom stereocenters. The van der Waals surface area contributed by atoms with Crippen LogP contribution < -0.4 is 0 Å². The van der Waals surface area contributed by atoms with E-state index in [-0.39, 0.29) is 6.04 Å². The molecule has 128 valence electrons. The minimum Gasteiger partial charge on any atom is -0.480 e. The second-order valence-corrected chi connectivity index (χ2v) is 7.44. The van der Waals surface area contributed by atoms with E-state index in [2.05, 4.69) is 40.4 Å². The topological polar surface area (TPSA) is 53.4 Å². The first-order chi connectivity index (χ1) is 12.2. The smallest absolute Gasteiger partial charge is 0.320 e. The van der Waals surface area contributed by atoms with Crippen LogP contribution in [0.5, 0.6) is 0 Å². The highest BCUT2D eigenvalue weighted by Crippen LogP contribution is 2.40. The van der Waals surface area contributed by atoms with Crippen molar-refractivity contribution in [3.8, 4) is 0 Å². The molecular weight excluding hydrogens is 332 g/mol. The summed E-state index contributed by atoms with van der Waals surface area (Å²) in [6, 6.07) is 11.7. The molecule has 2 unspecified atom stereocenters. The Morgan fingerprint density at radius 1 is 1.32 bits per heavy atom. The van der Waals surface area contributed by atoms with E-state index in [1.54, 1.807) is 17.5 Å². The summed E-state index contributed by atoms with van der Waals surface area (Å²) in [6.45, 7) is 2.83. The molecule has 3 heterocycles. The Balaban J connectivity index is 1.90. The van der Waals surface area contributed by atoms with Crippen LogP contribution in [0.4, 0.5) is 0 Å². The number of carboxylic acid groups (broad SMARTS) is 1. The zero-order chi connectivity index (χ0) is 17.4. The van der Waals surface area contributed by atoms with Gasteiger partial charge in [0.05, 0.1) is 11.7 Å². The third-order valence-corrected chi connectivity index (χ3v) is 6.01. The number of carboxylic acids is 1. The van der Waals surface area contributed by atoms with Gasteiger partial charge in [0, 0.05) is 17.4 Å². The second-order valence-electron chi connectivity index (χ2n) is 6.53. The third kappa shape index (κ3) is 2.83. The monoisotopic (exact) mass is 352 g/mol. The van der Waals surface area contributed by atoms with E-state index in [0.29, 0.717) is 6.42 Å². The number of pyridine rings is 1. The van der Waals surface area contributed by atoms with Crippen molar-refractivity contribution in [1.82, 2.24) is 9.88 Å². The molecule has 0 radical (unpaired) electrons. The lowest BCUT2D eigenvalue weighted by Crippen LogP contribution is -2.39. The van der Waals surface area contributed by atoms with E-state index < -0.39 is 12.0 Å². The molecule has 4 nitrogen and oxygen atoms in total. The first kappa shape index (κ1) is 16.2. The highest BCUT2D eigenvalue weighted by molar-refractivity contribution is 7.17. The fourth-order valence-corrected chi connectivity index (χ4v) is 4.82. The van der Waals surface area contributed by atoms with Crippen LogP contribution in [0.1, 0.15) is 35.7 Å². The molecular formula is C20H20N2O2S. The van der Waals surface area contributed by atoms with Gasteiger partial charge in [-0.15, -0.1) is 11.3 Å². The molecule has 1 aromatic carbocycles. The van der Waals surface area contributed by atoms with Gasteiger partial charge in [-0.05, 0) is 53.8 Å². The third-order valence-electron chi connectivity index (χ3n) is 5.03. The van der Waals surface area contributed by atoms with Crippen LogP contribution in [-0.4, -0.2) is 33.5 Å². The lowest BCUT2D eigenvalue weighted by molar-refractivity contribution is -0.142. The molecule has 1 aliphatic rings. The maximum atomic E-state index is 11.8. The zero-order valence-corrected chi connectivity index (χ0v) is 14.9. The number of aryl methyl sites for hydroxylation is 1. The molecule has 0 amide bonds. The lowest BCUT2D eigenvalue weighted by atomic mass is 9.97. The molecule has 1 fully saturated rings. The van der Waals surface area contributed by atoms with Crippen molar-refractivity contribution in [3.63, 3.8) is 0 Å². The number of hydrogen-bond acceptors (Lipinski definition) is 4. The predicted octanol–water partition coefficient (Wildman–Crippen LogP) is 4.24. The first-order valence-electron chi connectivity index (χ1n) is 8.53. The van der Waals surface area contributed by atoms with Gasteiger partial charge in [-0.25, -0.2) is 0 Å². The minimum atomic E-state index is -0.740. The Kier molecular flexibility index (Phi) is 4.27. The summed E-state index contributed by atoms with van der Waals surface area (Å²) >= 11 is 1.71. The van der Waals surface area contributed by atoms with Gasteiger partial charge >= 0.3 is 5.97 Å². The Morgan fingerprint density at radius 3 is 2.96 bits per heavy atom. The van der Waals surface area contributed by atoms with Crippen LogP contribution in [0, 0.1) is 6.92 Å². The first-order valence-corrected chi connectivity index (χ1v) is 9.41. The molecule has 2 aromatic heterocycles. The van der Waals surface area contributed by atoms with E-state index in [4.69, 9.17) is 0 Å². The number of benzene rings is 1. The van der Waals surface area contributed by atoms with Crippen LogP contribution in [0.25, 0.3) is 10.1 Å². The molecule has 4 rings (SSSR count). The van der Waals surface area contributed by atoms with Crippen molar-refractivity contribution >= 4 is 27.4 Å². The van der Waals surface area contributed by atoms with Crippen molar-refractivity contribution in [3.05, 3.63) is 64.8 Å². The van der Waals surface area contributed by atoms with E-state index in [1.165, 1.54) is 10.1 Å². The summed E-state index contributed by atoms with van der Waals surface area (Å²) in [5.41, 5.74) is 3.22. The van der Waals surface area contributed by atoms with Crippen molar-refractivity contribution in [1.29, 1.82) is 0 Å². The quantitative estimate of drug-likeness (QED) is 0.763. The number of aromatic nitrogens is 1. The van der Waals surface area contributed by atoms with Crippen molar-refractivity contribution in [2.75, 3.05) is 6.54 Å². The van der Waals surface area contributed by atoms with Gasteiger partial charge in [0.2, 0.25) is 0 Å². The maximum absolute atomic E-state index is 11.8. The Morgan fingerprint density at radius 2 is 2.16 bits per heavy atom. The maximum Gasteiger partial charge on any atom is 0.320 e. The van der Waals surface area contributed by atoms with Crippen molar-refractivity contribution in [2.24, 2.45) is 0 Å². The average molecular weight is 352 g/mol. The molecule has 5 heteroatoms. The SMILES string of the molecule is Cc1cccnc1C(c1csc2ccccc12)N1CCCC1C(=O)O. The Hall–Kier alpha value is -2.24. The minimum absolute atomic E-state index is 0.124. The Bertz CT molecular complexity index is 921. The number of carbonyl (C=O) groups is 1. The number of thiophene rings is 1. The lowest BCUT2D eigenvalue weighted by Gasteiger charge is -2.31. The van der Waals surface area contributed by atoms with Crippen LogP contribution >= 0.6 is 11.3 Å². The largest absolute Gasteiger partial charge is 0.480 e. The van der Waals surface area contributed by atoms with E-state index >= 15 is 0 Å². The summed E-state index contributed by atoms with van der Waals surface area (Å²) < 4.78 is 1.22. The van der Waals surface area contributed by atoms with Crippen molar-refractivity contribution in [2.45, 2.75) is 31.8 Å². The predicted molar refractivity (Wildman–Crippen MR) is 100 cm³/mol. The van der Waals surface area contributed by atoms with E-state index in [0.717, 1.165) is 29.8 Å². The van der Waals surface area contributed by atoms with Crippen molar-refractivity contribution < 1.29 is 9.90 Å². The number of hydrogen-bond donors (Lipinski definition) is 1. The van der Waals surface area contributed by atoms with Crippen LogP contribution in [0.2, 0.25) is 0 Å². The van der Waals surface area contributed by atoms with Gasteiger partial charge in [-0.1, -0.05) is 24.3 Å². The number of rotatable bonds is 4. The molecule has 0 aliphatic carbocycles. The molecule has 0 bridgehead atoms. The standard InChI is InChI=1S/C20H20N2O2S/c1-13-6-4-10-21-18(13)19(22-11-5-8-16(22)20(23)24)15-12-25-17-9-3-2-7-14(15)17/h2-4,6-7,9-10,12,16,19H,5,8,11H2,1H3,(H,23,24). The summed E-state index contributed by atoms with van der Waals surface area (Å²) in [5.74, 6) is -0.740. The molecule has 1 aliphatic heterocycles. The van der Waals surface area contributed by atoms with Gasteiger partial charge in [0.1, 0.15) is 6.04 Å². The number of likely N-dealkylation sites (tertiary alicyclic amines) is 1. The van der Waals surface area contributed by atoms with Gasteiger partial charge in [-0.3, -0.25) is 14.7 Å². The highest BCUT2D eigenvalue weighted by atomic mass is 32.1. The van der Waals surface area contributed by atoms with Crippen LogP contribution in [-0.2, 0) is 4.79 Å². The number of aliphatic carboxylic acids is 1. The molecule has 0 spiro atoms. The van der Waals surface area contributed by atoms with Gasteiger partial charge in [0.15, 0.2) is 0 Å². The zero-order valence-electron chi connectivity index (χ0n) is 14.1. The van der Waals surface area contributed by atoms with Crippen LogP contribution in [0.3, 0.4) is 0 Å². The highest BCUT2D eigenvalue weighted by Gasteiger charge is 2.38. The number of nitrogens with zero attached hydrogens (tertiary/aromatic N) is 2. The summed E-state index contributed by atoms with van der Waals surface area (Å²) in [5, 5.41) is 13.1. The normalized spacial score (nSPS) is 19.3. The fourth-order valence-electron chi connectivity index (χ4n) is 3.84. The van der Waals surface area contributed by atoms with Gasteiger partial charge in [0.25, 0.3) is 0 Å². The second kappa shape index (κ2) is 6.58. The molecule has 0 saturated carbocycles. The van der Waals surface area contributed by atoms with Crippen LogP contribution in [0.15, 0.2) is 48.0 Å². The molecule has 1 N–H and O–H groups in total. The van der Waals surface area contributed by atoms with Gasteiger partial charge < -0.3 is 5.11 Å². The summed E-state index contributed by atoms with van der Waals surface area (Å²) in [6.07, 6.45) is 3.40. The summed E-state index contributed by atoms with van der Waals surface area (Å²) in [4.78, 5) is 18.6. The van der Waals surface area contributed by atoms with E-state index in [9.17, 15) is 9.90 Å². The number of fused-ring (bicyclic) bond motifs is 1.